The molecule has 0 aliphatic carbocycles. The number of anilines is 1. The third kappa shape index (κ3) is 9.52. The predicted octanol–water partition coefficient (Wildman–Crippen LogP) is 3.57. The van der Waals surface area contributed by atoms with Crippen LogP contribution in [0.25, 0.3) is 0 Å². The second kappa shape index (κ2) is 16.5. The number of halogens is 2. The first-order valence-electron chi connectivity index (χ1n) is 15.8. The topological polar surface area (TPSA) is 131 Å². The second-order valence-corrected chi connectivity index (χ2v) is 11.8. The van der Waals surface area contributed by atoms with Crippen molar-refractivity contribution in [2.75, 3.05) is 51.3 Å². The Morgan fingerprint density at radius 3 is 2.35 bits per heavy atom. The molecule has 10 nitrogen and oxygen atoms in total. The molecule has 246 valence electrons. The molecule has 0 saturated carbocycles. The lowest BCUT2D eigenvalue weighted by Crippen LogP contribution is -2.49. The van der Waals surface area contributed by atoms with Crippen molar-refractivity contribution in [1.82, 2.24) is 20.5 Å². The molecular formula is C34H42F2N6O4. The van der Waals surface area contributed by atoms with Crippen LogP contribution in [0.4, 0.5) is 19.3 Å². The summed E-state index contributed by atoms with van der Waals surface area (Å²) in [5.74, 6) is -1.91. The Hall–Kier alpha value is -3.97. The lowest BCUT2D eigenvalue weighted by molar-refractivity contribution is -0.117. The summed E-state index contributed by atoms with van der Waals surface area (Å²) in [5, 5.41) is 9.11. The molecule has 5 rings (SSSR count). The maximum Gasteiger partial charge on any atom is 0.407 e. The van der Waals surface area contributed by atoms with E-state index in [0.717, 1.165) is 25.2 Å². The zero-order chi connectivity index (χ0) is 32.3. The number of hydrogen-bond acceptors (Lipinski definition) is 8. The summed E-state index contributed by atoms with van der Waals surface area (Å²) in [7, 11) is 0. The van der Waals surface area contributed by atoms with Crippen LogP contribution in [0.2, 0.25) is 0 Å². The molecule has 0 bridgehead atoms. The molecule has 2 aromatic carbocycles. The molecular weight excluding hydrogens is 594 g/mol. The van der Waals surface area contributed by atoms with E-state index in [1.54, 1.807) is 36.7 Å². The van der Waals surface area contributed by atoms with Crippen LogP contribution in [0.1, 0.15) is 41.9 Å². The minimum absolute atomic E-state index is 0.0640. The van der Waals surface area contributed by atoms with Gasteiger partial charge in [0.1, 0.15) is 18.2 Å². The standard InChI is InChI=1S/C34H42F2N6O4/c35-26-8-3-24(4-9-26)31(25-5-10-27(36)11-6-25)32(37)33(43)41-30-20-38-14-13-23(30)7-12-29-19-40-28(21-45-29)22-46-34(44)39-15-18-42-16-1-2-17-42/h3-6,8-11,13-14,20,28-29,31-32,40H,1-2,7,12,15-19,21-22,37H2,(H,39,44)(H,41,43)/t28-,29+,32-/m0/s1. The van der Waals surface area contributed by atoms with Gasteiger partial charge in [-0.1, -0.05) is 24.3 Å². The van der Waals surface area contributed by atoms with Crippen molar-refractivity contribution in [3.63, 3.8) is 0 Å². The van der Waals surface area contributed by atoms with Gasteiger partial charge in [-0.15, -0.1) is 0 Å². The number of amides is 2. The lowest BCUT2D eigenvalue weighted by atomic mass is 9.85. The van der Waals surface area contributed by atoms with Crippen molar-refractivity contribution >= 4 is 17.7 Å². The quantitative estimate of drug-likeness (QED) is 0.224. The Labute approximate surface area is 268 Å². The number of carbonyl (C=O) groups is 2. The number of ether oxygens (including phenoxy) is 2. The number of nitrogens with one attached hydrogen (secondary N) is 3. The minimum Gasteiger partial charge on any atom is -0.448 e. The van der Waals surface area contributed by atoms with Crippen molar-refractivity contribution < 1.29 is 27.8 Å². The van der Waals surface area contributed by atoms with Gasteiger partial charge in [-0.25, -0.2) is 13.6 Å². The first kappa shape index (κ1) is 33.4. The summed E-state index contributed by atoms with van der Waals surface area (Å²) in [5.41, 5.74) is 9.18. The van der Waals surface area contributed by atoms with E-state index in [4.69, 9.17) is 15.2 Å². The van der Waals surface area contributed by atoms with Gasteiger partial charge in [0.25, 0.3) is 0 Å². The molecule has 2 aliphatic rings. The zero-order valence-electron chi connectivity index (χ0n) is 25.8. The summed E-state index contributed by atoms with van der Waals surface area (Å²) in [6.45, 7) is 4.81. The van der Waals surface area contributed by atoms with Crippen LogP contribution in [0.5, 0.6) is 0 Å². The molecule has 0 spiro atoms. The molecule has 12 heteroatoms. The number of rotatable bonds is 13. The Morgan fingerprint density at radius 2 is 1.72 bits per heavy atom. The fourth-order valence-electron chi connectivity index (χ4n) is 5.90. The molecule has 3 heterocycles. The number of benzene rings is 2. The maximum atomic E-state index is 13.7. The smallest absolute Gasteiger partial charge is 0.407 e. The predicted molar refractivity (Wildman–Crippen MR) is 170 cm³/mol. The number of hydrogen-bond donors (Lipinski definition) is 4. The van der Waals surface area contributed by atoms with Crippen LogP contribution in [0.3, 0.4) is 0 Å². The van der Waals surface area contributed by atoms with E-state index in [-0.39, 0.29) is 18.8 Å². The highest BCUT2D eigenvalue weighted by molar-refractivity contribution is 5.96. The molecule has 2 fully saturated rings. The van der Waals surface area contributed by atoms with Gasteiger partial charge in [0, 0.05) is 31.7 Å². The first-order chi connectivity index (χ1) is 22.4. The Balaban J connectivity index is 1.10. The van der Waals surface area contributed by atoms with Crippen molar-refractivity contribution in [3.05, 3.63) is 95.3 Å². The van der Waals surface area contributed by atoms with Gasteiger partial charge < -0.3 is 36.1 Å². The first-order valence-corrected chi connectivity index (χ1v) is 15.8. The molecule has 2 saturated heterocycles. The van der Waals surface area contributed by atoms with Crippen LogP contribution in [0.15, 0.2) is 67.0 Å². The third-order valence-corrected chi connectivity index (χ3v) is 8.50. The number of aromatic nitrogens is 1. The van der Waals surface area contributed by atoms with Gasteiger partial charge in [-0.2, -0.15) is 0 Å². The lowest BCUT2D eigenvalue weighted by Gasteiger charge is -2.30. The van der Waals surface area contributed by atoms with Crippen LogP contribution < -0.4 is 21.7 Å². The van der Waals surface area contributed by atoms with Gasteiger partial charge in [0.15, 0.2) is 0 Å². The minimum atomic E-state index is -1.05. The SMILES string of the molecule is N[C@H](C(=O)Nc1cnccc1CC[C@@H]1CN[C@H](COC(=O)NCCN2CCCC2)CO1)C(c1ccc(F)cc1)c1ccc(F)cc1. The van der Waals surface area contributed by atoms with Crippen molar-refractivity contribution in [3.8, 4) is 0 Å². The van der Waals surface area contributed by atoms with Crippen molar-refractivity contribution in [1.29, 1.82) is 0 Å². The van der Waals surface area contributed by atoms with Crippen LogP contribution >= 0.6 is 0 Å². The van der Waals surface area contributed by atoms with E-state index < -0.39 is 35.6 Å². The highest BCUT2D eigenvalue weighted by Gasteiger charge is 2.29. The molecule has 0 unspecified atom stereocenters. The number of aryl methyl sites for hydroxylation is 1. The highest BCUT2D eigenvalue weighted by Crippen LogP contribution is 2.29. The Kier molecular flexibility index (Phi) is 12.0. The summed E-state index contributed by atoms with van der Waals surface area (Å²) in [6, 6.07) is 12.2. The number of morpholine rings is 1. The summed E-state index contributed by atoms with van der Waals surface area (Å²) in [6.07, 6.45) is 6.48. The van der Waals surface area contributed by atoms with E-state index in [9.17, 15) is 18.4 Å². The number of likely N-dealkylation sites (tertiary alicyclic amines) is 1. The summed E-state index contributed by atoms with van der Waals surface area (Å²) in [4.78, 5) is 32.0. The molecule has 2 amide bonds. The van der Waals surface area contributed by atoms with Crippen molar-refractivity contribution in [2.24, 2.45) is 5.73 Å². The van der Waals surface area contributed by atoms with Crippen LogP contribution in [-0.2, 0) is 20.7 Å². The maximum absolute atomic E-state index is 13.7. The van der Waals surface area contributed by atoms with Gasteiger partial charge in [-0.05, 0) is 85.8 Å². The van der Waals surface area contributed by atoms with Gasteiger partial charge in [0.2, 0.25) is 5.91 Å². The molecule has 3 atom stereocenters. The molecule has 3 aromatic rings. The normalized spacial score (nSPS) is 19.1. The number of nitrogens with two attached hydrogens (primary N) is 1. The monoisotopic (exact) mass is 636 g/mol. The van der Waals surface area contributed by atoms with Gasteiger partial charge >= 0.3 is 6.09 Å². The second-order valence-electron chi connectivity index (χ2n) is 11.8. The van der Waals surface area contributed by atoms with E-state index in [1.807, 2.05) is 6.07 Å². The third-order valence-electron chi connectivity index (χ3n) is 8.50. The van der Waals surface area contributed by atoms with Gasteiger partial charge in [-0.3, -0.25) is 9.78 Å². The van der Waals surface area contributed by atoms with Crippen molar-refractivity contribution in [2.45, 2.75) is 49.8 Å². The van der Waals surface area contributed by atoms with Crippen LogP contribution in [0, 0.1) is 11.6 Å². The Morgan fingerprint density at radius 1 is 1.04 bits per heavy atom. The molecule has 0 radical (unpaired) electrons. The van der Waals surface area contributed by atoms with E-state index in [1.165, 1.54) is 37.1 Å². The molecule has 1 aromatic heterocycles. The van der Waals surface area contributed by atoms with Crippen LogP contribution in [-0.4, -0.2) is 86.0 Å². The highest BCUT2D eigenvalue weighted by atomic mass is 19.1. The number of pyridine rings is 1. The number of nitrogens with zero attached hydrogens (tertiary/aromatic N) is 2. The number of alkyl carbamates (subject to hydrolysis) is 1. The Bertz CT molecular complexity index is 1370. The molecule has 46 heavy (non-hydrogen) atoms. The average molecular weight is 637 g/mol. The fourth-order valence-corrected chi connectivity index (χ4v) is 5.90. The fraction of sp³-hybridized carbons (Fsp3) is 0.441. The summed E-state index contributed by atoms with van der Waals surface area (Å²) < 4.78 is 38.7. The van der Waals surface area contributed by atoms with E-state index in [0.29, 0.717) is 49.4 Å². The zero-order valence-corrected chi connectivity index (χ0v) is 25.8. The molecule has 2 aliphatic heterocycles. The molecule has 5 N–H and O–H groups in total. The van der Waals surface area contributed by atoms with E-state index >= 15 is 0 Å². The van der Waals surface area contributed by atoms with E-state index in [2.05, 4.69) is 25.8 Å². The number of carbonyl (C=O) groups excluding carboxylic acids is 2. The average Bonchev–Trinajstić information content (AvgIpc) is 3.59. The largest absolute Gasteiger partial charge is 0.448 e. The summed E-state index contributed by atoms with van der Waals surface area (Å²) >= 11 is 0. The van der Waals surface area contributed by atoms with Gasteiger partial charge in [0.05, 0.1) is 36.7 Å².